The molecule has 0 radical (unpaired) electrons. The molecule has 0 saturated carbocycles. The second-order valence-electron chi connectivity index (χ2n) is 6.19. The molecule has 1 fully saturated rings. The van der Waals surface area contributed by atoms with Crippen molar-refractivity contribution in [3.05, 3.63) is 22.6 Å². The quantitative estimate of drug-likeness (QED) is 0.244. The van der Waals surface area contributed by atoms with Gasteiger partial charge in [0.25, 0.3) is 21.2 Å². The van der Waals surface area contributed by atoms with Crippen molar-refractivity contribution in [1.29, 1.82) is 0 Å². The highest BCUT2D eigenvalue weighted by Gasteiger charge is 2.37. The van der Waals surface area contributed by atoms with Crippen molar-refractivity contribution in [2.45, 2.75) is 24.9 Å². The first-order valence-corrected chi connectivity index (χ1v) is 12.6. The molecule has 0 spiro atoms. The molecule has 0 amide bonds. The number of phosphoric acid groups is 3. The van der Waals surface area contributed by atoms with E-state index in [0.29, 0.717) is 0 Å². The van der Waals surface area contributed by atoms with E-state index < -0.39 is 54.1 Å². The number of phosphoric ester groups is 1. The number of aromatic amines is 1. The summed E-state index contributed by atoms with van der Waals surface area (Å²) >= 11 is 0. The SMILES string of the molecule is Nc1nc2c(ccn2C2CC(O)C(COP(=O)([O-])OP(=O)([O-])OP(=O)(O)O)O2)c(=O)[nH]1. The molecule has 17 nitrogen and oxygen atoms in total. The molecule has 0 bridgehead atoms. The van der Waals surface area contributed by atoms with E-state index in [9.17, 15) is 33.4 Å². The number of hydrogen-bond donors (Lipinski definition) is 5. The van der Waals surface area contributed by atoms with Gasteiger partial charge in [-0.2, -0.15) is 4.98 Å². The van der Waals surface area contributed by atoms with Crippen LogP contribution in [0.4, 0.5) is 5.95 Å². The lowest BCUT2D eigenvalue weighted by molar-refractivity contribution is -0.241. The van der Waals surface area contributed by atoms with Crippen LogP contribution < -0.4 is 21.1 Å². The maximum absolute atomic E-state index is 11.9. The lowest BCUT2D eigenvalue weighted by Crippen LogP contribution is -2.27. The summed E-state index contributed by atoms with van der Waals surface area (Å²) in [7, 11) is -17.3. The number of nitrogens with zero attached hydrogens (tertiary/aromatic N) is 2. The second-order valence-corrected chi connectivity index (χ2v) is 10.5. The Hall–Kier alpha value is -1.45. The van der Waals surface area contributed by atoms with Crippen LogP contribution in [0.1, 0.15) is 12.6 Å². The van der Waals surface area contributed by atoms with Crippen LogP contribution in [0.15, 0.2) is 17.1 Å². The number of hydrogen-bond acceptors (Lipinski definition) is 13. The summed E-state index contributed by atoms with van der Waals surface area (Å²) in [5, 5.41) is 10.3. The van der Waals surface area contributed by atoms with E-state index in [1.54, 1.807) is 0 Å². The van der Waals surface area contributed by atoms with Crippen molar-refractivity contribution in [3.63, 3.8) is 0 Å². The summed E-state index contributed by atoms with van der Waals surface area (Å²) in [6.07, 6.45) is -2.14. The average Bonchev–Trinajstić information content (AvgIpc) is 3.13. The number of nitrogens with one attached hydrogen (secondary N) is 1. The van der Waals surface area contributed by atoms with Gasteiger partial charge in [-0.3, -0.25) is 18.9 Å². The molecule has 0 aromatic carbocycles. The summed E-state index contributed by atoms with van der Waals surface area (Å²) < 4.78 is 51.3. The van der Waals surface area contributed by atoms with Crippen LogP contribution in [0.3, 0.4) is 0 Å². The largest absolute Gasteiger partial charge is 0.756 e. The van der Waals surface area contributed by atoms with Crippen LogP contribution in [-0.2, 0) is 31.6 Å². The molecule has 0 aliphatic carbocycles. The minimum atomic E-state index is -5.97. The van der Waals surface area contributed by atoms with Crippen molar-refractivity contribution in [3.8, 4) is 0 Å². The molecule has 2 aromatic rings. The van der Waals surface area contributed by atoms with Crippen LogP contribution in [0, 0.1) is 0 Å². The zero-order valence-corrected chi connectivity index (χ0v) is 17.7. The van der Waals surface area contributed by atoms with Gasteiger partial charge in [-0.1, -0.05) is 0 Å². The normalized spacial score (nSPS) is 26.0. The minimum Gasteiger partial charge on any atom is -0.756 e. The zero-order chi connectivity index (χ0) is 23.2. The molecule has 1 aliphatic rings. The topological polar surface area (TPSA) is 272 Å². The van der Waals surface area contributed by atoms with Gasteiger partial charge in [0.05, 0.1) is 18.1 Å². The highest BCUT2D eigenvalue weighted by Crippen LogP contribution is 2.62. The molecule has 3 heterocycles. The number of aliphatic hydroxyl groups is 1. The van der Waals surface area contributed by atoms with Crippen molar-refractivity contribution >= 4 is 40.4 Å². The number of fused-ring (bicyclic) bond motifs is 1. The van der Waals surface area contributed by atoms with Crippen molar-refractivity contribution < 1.29 is 56.3 Å². The first-order valence-electron chi connectivity index (χ1n) is 8.10. The molecule has 5 atom stereocenters. The Morgan fingerprint density at radius 1 is 1.29 bits per heavy atom. The number of ether oxygens (including phenoxy) is 1. The third kappa shape index (κ3) is 6.08. The van der Waals surface area contributed by atoms with E-state index in [-0.39, 0.29) is 23.4 Å². The zero-order valence-electron chi connectivity index (χ0n) is 15.0. The van der Waals surface area contributed by atoms with Crippen LogP contribution in [-0.4, -0.2) is 48.2 Å². The molecule has 6 N–H and O–H groups in total. The van der Waals surface area contributed by atoms with Crippen molar-refractivity contribution in [1.82, 2.24) is 14.5 Å². The van der Waals surface area contributed by atoms with E-state index >= 15 is 0 Å². The second kappa shape index (κ2) is 8.48. The smallest absolute Gasteiger partial charge is 0.476 e. The van der Waals surface area contributed by atoms with Gasteiger partial charge in [0, 0.05) is 12.6 Å². The predicted octanol–water partition coefficient (Wildman–Crippen LogP) is -1.97. The van der Waals surface area contributed by atoms with Gasteiger partial charge in [0.1, 0.15) is 12.3 Å². The third-order valence-corrected chi connectivity index (χ3v) is 7.63. The monoisotopic (exact) mass is 504 g/mol. The van der Waals surface area contributed by atoms with Gasteiger partial charge >= 0.3 is 7.82 Å². The Morgan fingerprint density at radius 3 is 2.61 bits per heavy atom. The fraction of sp³-hybridized carbons (Fsp3) is 0.455. The number of anilines is 1. The van der Waals surface area contributed by atoms with Gasteiger partial charge in [0.2, 0.25) is 5.95 Å². The Balaban J connectivity index is 1.67. The fourth-order valence-corrected chi connectivity index (χ4v) is 5.71. The number of aliphatic hydroxyl groups excluding tert-OH is 1. The average molecular weight is 504 g/mol. The summed E-state index contributed by atoms with van der Waals surface area (Å²) in [6, 6.07) is 1.42. The van der Waals surface area contributed by atoms with E-state index in [0.717, 1.165) is 0 Å². The van der Waals surface area contributed by atoms with E-state index in [2.05, 4.69) is 23.1 Å². The standard InChI is InChI=1S/C11H17N4O13P3/c12-11-13-9-5(10(17)14-11)1-2-15(9)8-3-6(16)7(26-8)4-25-30(21,22)28-31(23,24)27-29(18,19)20/h1-2,6-8,16H,3-4H2,(H,21,22)(H,23,24)(H2,18,19,20)(H3,12,13,14,17)/p-2. The summed E-state index contributed by atoms with van der Waals surface area (Å²) in [4.78, 5) is 57.9. The van der Waals surface area contributed by atoms with Crippen molar-refractivity contribution in [2.24, 2.45) is 0 Å². The molecule has 5 unspecified atom stereocenters. The van der Waals surface area contributed by atoms with E-state index in [1.165, 1.54) is 16.8 Å². The molecule has 1 saturated heterocycles. The molecule has 20 heteroatoms. The Morgan fingerprint density at radius 2 is 1.97 bits per heavy atom. The third-order valence-electron chi connectivity index (χ3n) is 3.92. The number of H-pyrrole nitrogens is 1. The van der Waals surface area contributed by atoms with Gasteiger partial charge in [-0.15, -0.1) is 0 Å². The number of nitrogens with two attached hydrogens (primary N) is 1. The van der Waals surface area contributed by atoms with E-state index in [1.807, 2.05) is 0 Å². The first-order chi connectivity index (χ1) is 14.2. The molecule has 2 aromatic heterocycles. The van der Waals surface area contributed by atoms with Crippen molar-refractivity contribution in [2.75, 3.05) is 12.3 Å². The molecule has 174 valence electrons. The van der Waals surface area contributed by atoms with Crippen LogP contribution >= 0.6 is 23.5 Å². The van der Waals surface area contributed by atoms with Crippen LogP contribution in [0.2, 0.25) is 0 Å². The fourth-order valence-electron chi connectivity index (χ4n) is 2.78. The van der Waals surface area contributed by atoms with E-state index in [4.69, 9.17) is 20.3 Å². The Bertz CT molecular complexity index is 1170. The molecule has 31 heavy (non-hydrogen) atoms. The van der Waals surface area contributed by atoms with Gasteiger partial charge in [-0.05, 0) is 6.07 Å². The first kappa shape index (κ1) is 24.2. The Kier molecular flexibility index (Phi) is 6.62. The summed E-state index contributed by atoms with van der Waals surface area (Å²) in [5.74, 6) is -0.167. The van der Waals surface area contributed by atoms with Gasteiger partial charge < -0.3 is 44.2 Å². The highest BCUT2D eigenvalue weighted by molar-refractivity contribution is 7.65. The number of aromatic nitrogens is 3. The van der Waals surface area contributed by atoms with Gasteiger partial charge in [-0.25, -0.2) is 13.2 Å². The molecule has 3 rings (SSSR count). The Labute approximate surface area is 171 Å². The molecule has 1 aliphatic heterocycles. The summed E-state index contributed by atoms with van der Waals surface area (Å²) in [6.45, 7) is -0.913. The maximum atomic E-state index is 11.9. The molecular formula is C11H15N4O13P3-2. The van der Waals surface area contributed by atoms with Crippen LogP contribution in [0.25, 0.3) is 11.0 Å². The van der Waals surface area contributed by atoms with Gasteiger partial charge in [0.15, 0.2) is 5.65 Å². The number of rotatable bonds is 8. The van der Waals surface area contributed by atoms with Crippen LogP contribution in [0.5, 0.6) is 0 Å². The highest BCUT2D eigenvalue weighted by atomic mass is 31.3. The summed E-state index contributed by atoms with van der Waals surface area (Å²) in [5.41, 5.74) is 5.14. The molecular weight excluding hydrogens is 489 g/mol. The minimum absolute atomic E-state index is 0.0857. The predicted molar refractivity (Wildman–Crippen MR) is 94.7 cm³/mol. The lowest BCUT2D eigenvalue weighted by Gasteiger charge is -2.31. The maximum Gasteiger partial charge on any atom is 0.476 e. The number of nitrogen functional groups attached to an aromatic ring is 1. The lowest BCUT2D eigenvalue weighted by atomic mass is 10.2.